The van der Waals surface area contributed by atoms with Crippen molar-refractivity contribution < 1.29 is 9.90 Å². The maximum atomic E-state index is 11.0. The van der Waals surface area contributed by atoms with Gasteiger partial charge in [0, 0.05) is 17.5 Å². The van der Waals surface area contributed by atoms with Crippen molar-refractivity contribution in [3.8, 4) is 0 Å². The smallest absolute Gasteiger partial charge is 0.337 e. The van der Waals surface area contributed by atoms with Crippen molar-refractivity contribution >= 4 is 22.8 Å². The minimum atomic E-state index is -0.923. The minimum Gasteiger partial charge on any atom is -0.478 e. The number of thiophene rings is 1. The van der Waals surface area contributed by atoms with Gasteiger partial charge < -0.3 is 9.51 Å². The second-order valence-electron chi connectivity index (χ2n) is 3.95. The topological polar surface area (TPSA) is 54.6 Å². The van der Waals surface area contributed by atoms with E-state index in [4.69, 9.17) is 5.11 Å². The van der Waals surface area contributed by atoms with Crippen molar-refractivity contribution in [2.75, 3.05) is 0 Å². The van der Waals surface area contributed by atoms with Gasteiger partial charge in [-0.25, -0.2) is 9.78 Å². The van der Waals surface area contributed by atoms with Crippen LogP contribution in [0, 0.1) is 0 Å². The molecule has 4 nitrogen and oxygen atoms in total. The predicted molar refractivity (Wildman–Crippen MR) is 69.3 cm³/mol. The van der Waals surface area contributed by atoms with E-state index in [1.54, 1.807) is 35.9 Å². The van der Waals surface area contributed by atoms with Crippen LogP contribution in [0.3, 0.4) is 0 Å². The Bertz CT molecular complexity index is 701. The fourth-order valence-corrected chi connectivity index (χ4v) is 2.57. The molecule has 0 radical (unpaired) electrons. The molecule has 0 aliphatic rings. The van der Waals surface area contributed by atoms with Gasteiger partial charge in [0.05, 0.1) is 17.3 Å². The summed E-state index contributed by atoms with van der Waals surface area (Å²) in [5.41, 5.74) is 1.18. The molecular formula is C13H10N2O2S. The Morgan fingerprint density at radius 2 is 2.28 bits per heavy atom. The van der Waals surface area contributed by atoms with E-state index in [0.717, 1.165) is 17.8 Å². The number of aromatic nitrogens is 2. The lowest BCUT2D eigenvalue weighted by atomic mass is 10.2. The molecule has 0 fully saturated rings. The third-order valence-corrected chi connectivity index (χ3v) is 3.64. The van der Waals surface area contributed by atoms with Gasteiger partial charge in [-0.15, -0.1) is 11.3 Å². The van der Waals surface area contributed by atoms with Crippen LogP contribution in [0.2, 0.25) is 0 Å². The third kappa shape index (κ3) is 1.89. The number of nitrogens with zero attached hydrogens (tertiary/aromatic N) is 2. The highest BCUT2D eigenvalue weighted by molar-refractivity contribution is 7.09. The highest BCUT2D eigenvalue weighted by atomic mass is 32.1. The molecule has 90 valence electrons. The van der Waals surface area contributed by atoms with Gasteiger partial charge in [0.2, 0.25) is 0 Å². The molecule has 5 heteroatoms. The monoisotopic (exact) mass is 258 g/mol. The summed E-state index contributed by atoms with van der Waals surface area (Å²) in [6.07, 6.45) is 4.09. The van der Waals surface area contributed by atoms with Crippen LogP contribution in [0.5, 0.6) is 0 Å². The van der Waals surface area contributed by atoms with Crippen LogP contribution >= 0.6 is 11.3 Å². The Balaban J connectivity index is 2.06. The number of imidazole rings is 1. The number of aromatic carboxylic acids is 1. The normalized spacial score (nSPS) is 10.9. The third-order valence-electron chi connectivity index (χ3n) is 2.76. The van der Waals surface area contributed by atoms with E-state index in [1.165, 1.54) is 4.88 Å². The summed E-state index contributed by atoms with van der Waals surface area (Å²) in [6, 6.07) is 7.41. The molecule has 0 bridgehead atoms. The fourth-order valence-electron chi connectivity index (χ4n) is 1.87. The highest BCUT2D eigenvalue weighted by Gasteiger charge is 2.08. The summed E-state index contributed by atoms with van der Waals surface area (Å²) in [5, 5.41) is 11.0. The molecule has 0 amide bonds. The zero-order chi connectivity index (χ0) is 12.5. The number of carboxylic acids is 1. The molecule has 0 aliphatic heterocycles. The fraction of sp³-hybridized carbons (Fsp3) is 0.0769. The van der Waals surface area contributed by atoms with Gasteiger partial charge in [-0.2, -0.15) is 0 Å². The Hall–Kier alpha value is -2.14. The van der Waals surface area contributed by atoms with Crippen molar-refractivity contribution in [3.63, 3.8) is 0 Å². The Kier molecular flexibility index (Phi) is 2.60. The van der Waals surface area contributed by atoms with E-state index in [2.05, 4.69) is 4.98 Å². The molecule has 1 N–H and O–H groups in total. The summed E-state index contributed by atoms with van der Waals surface area (Å²) in [6.45, 7) is 0. The molecule has 0 unspecified atom stereocenters. The highest BCUT2D eigenvalue weighted by Crippen LogP contribution is 2.16. The lowest BCUT2D eigenvalue weighted by molar-refractivity contribution is 0.0696. The predicted octanol–water partition coefficient (Wildman–Crippen LogP) is 2.68. The molecule has 0 aliphatic carbocycles. The van der Waals surface area contributed by atoms with Crippen LogP contribution in [0.1, 0.15) is 21.1 Å². The number of carbonyl (C=O) groups is 1. The van der Waals surface area contributed by atoms with Crippen molar-refractivity contribution in [2.24, 2.45) is 0 Å². The van der Waals surface area contributed by atoms with Gasteiger partial charge in [0.1, 0.15) is 5.82 Å². The number of hydrogen-bond acceptors (Lipinski definition) is 3. The van der Waals surface area contributed by atoms with Crippen LogP contribution < -0.4 is 0 Å². The number of hydrogen-bond donors (Lipinski definition) is 1. The Morgan fingerprint density at radius 1 is 1.39 bits per heavy atom. The molecule has 0 saturated carbocycles. The minimum absolute atomic E-state index is 0.271. The quantitative estimate of drug-likeness (QED) is 0.785. The van der Waals surface area contributed by atoms with Gasteiger partial charge in [-0.05, 0) is 23.6 Å². The molecule has 0 aromatic carbocycles. The molecule has 3 rings (SSSR count). The van der Waals surface area contributed by atoms with E-state index in [-0.39, 0.29) is 5.56 Å². The van der Waals surface area contributed by atoms with E-state index in [0.29, 0.717) is 0 Å². The average molecular weight is 258 g/mol. The molecular weight excluding hydrogens is 248 g/mol. The Labute approximate surface area is 107 Å². The van der Waals surface area contributed by atoms with Crippen LogP contribution in [0.4, 0.5) is 0 Å². The van der Waals surface area contributed by atoms with E-state index in [9.17, 15) is 4.79 Å². The van der Waals surface area contributed by atoms with Crippen molar-refractivity contribution in [3.05, 3.63) is 58.3 Å². The van der Waals surface area contributed by atoms with Crippen molar-refractivity contribution in [1.29, 1.82) is 0 Å². The zero-order valence-corrected chi connectivity index (χ0v) is 10.2. The van der Waals surface area contributed by atoms with Crippen LogP contribution in [0.25, 0.3) is 5.52 Å². The number of pyridine rings is 1. The molecule has 3 heterocycles. The van der Waals surface area contributed by atoms with E-state index in [1.807, 2.05) is 21.9 Å². The van der Waals surface area contributed by atoms with Crippen LogP contribution in [0.15, 0.2) is 42.0 Å². The first-order valence-electron chi connectivity index (χ1n) is 5.46. The SMILES string of the molecule is O=C(O)c1ccc2cnc(Cc3cccs3)n2c1. The zero-order valence-electron chi connectivity index (χ0n) is 9.41. The van der Waals surface area contributed by atoms with Gasteiger partial charge in [-0.1, -0.05) is 6.07 Å². The van der Waals surface area contributed by atoms with Gasteiger partial charge in [0.25, 0.3) is 0 Å². The maximum Gasteiger partial charge on any atom is 0.337 e. The Morgan fingerprint density at radius 3 is 3.00 bits per heavy atom. The number of fused-ring (bicyclic) bond motifs is 1. The summed E-state index contributed by atoms with van der Waals surface area (Å²) in [4.78, 5) is 16.5. The average Bonchev–Trinajstić information content (AvgIpc) is 2.99. The molecule has 3 aromatic heterocycles. The molecule has 0 atom stereocenters. The number of rotatable bonds is 3. The standard InChI is InChI=1S/C13H10N2O2S/c16-13(17)9-3-4-10-7-14-12(15(10)8-9)6-11-2-1-5-18-11/h1-5,7-8H,6H2,(H,16,17). The second-order valence-corrected chi connectivity index (χ2v) is 4.98. The summed E-state index contributed by atoms with van der Waals surface area (Å²) < 4.78 is 1.84. The molecule has 3 aromatic rings. The van der Waals surface area contributed by atoms with Gasteiger partial charge >= 0.3 is 5.97 Å². The van der Waals surface area contributed by atoms with Crippen LogP contribution in [-0.2, 0) is 6.42 Å². The summed E-state index contributed by atoms with van der Waals surface area (Å²) in [5.74, 6) is -0.0665. The molecule has 0 spiro atoms. The lowest BCUT2D eigenvalue weighted by Crippen LogP contribution is -2.01. The summed E-state index contributed by atoms with van der Waals surface area (Å²) in [7, 11) is 0. The van der Waals surface area contributed by atoms with Crippen LogP contribution in [-0.4, -0.2) is 20.5 Å². The first-order chi connectivity index (χ1) is 8.74. The van der Waals surface area contributed by atoms with Crippen molar-refractivity contribution in [2.45, 2.75) is 6.42 Å². The second kappa shape index (κ2) is 4.27. The van der Waals surface area contributed by atoms with E-state index < -0.39 is 5.97 Å². The summed E-state index contributed by atoms with van der Waals surface area (Å²) >= 11 is 1.67. The largest absolute Gasteiger partial charge is 0.478 e. The lowest BCUT2D eigenvalue weighted by Gasteiger charge is -2.01. The van der Waals surface area contributed by atoms with Crippen molar-refractivity contribution in [1.82, 2.24) is 9.38 Å². The number of carboxylic acid groups (broad SMARTS) is 1. The first-order valence-corrected chi connectivity index (χ1v) is 6.33. The maximum absolute atomic E-state index is 11.0. The first kappa shape index (κ1) is 11.0. The van der Waals surface area contributed by atoms with Gasteiger partial charge in [0.15, 0.2) is 0 Å². The molecule has 0 saturated heterocycles. The molecule has 18 heavy (non-hydrogen) atoms. The van der Waals surface area contributed by atoms with E-state index >= 15 is 0 Å². The van der Waals surface area contributed by atoms with Gasteiger partial charge in [-0.3, -0.25) is 0 Å².